The van der Waals surface area contributed by atoms with Crippen molar-refractivity contribution >= 4 is 11.9 Å². The molecule has 1 amide bonds. The minimum atomic E-state index is -1.14. The van der Waals surface area contributed by atoms with E-state index in [0.717, 1.165) is 6.42 Å². The fourth-order valence-corrected chi connectivity index (χ4v) is 1.74. The van der Waals surface area contributed by atoms with Crippen LogP contribution in [0.25, 0.3) is 0 Å². The molecule has 1 aromatic heterocycles. The van der Waals surface area contributed by atoms with Gasteiger partial charge in [-0.25, -0.2) is 9.78 Å². The second-order valence-corrected chi connectivity index (χ2v) is 4.72. The lowest BCUT2D eigenvalue weighted by atomic mass is 10.1. The molecule has 18 heavy (non-hydrogen) atoms. The van der Waals surface area contributed by atoms with Crippen molar-refractivity contribution in [3.05, 3.63) is 29.6 Å². The number of rotatable bonds is 5. The van der Waals surface area contributed by atoms with Crippen molar-refractivity contribution in [3.63, 3.8) is 0 Å². The highest BCUT2D eigenvalue weighted by Gasteiger charge is 2.14. The van der Waals surface area contributed by atoms with Gasteiger partial charge in [-0.2, -0.15) is 0 Å². The normalized spacial score (nSPS) is 12.2. The Balaban J connectivity index is 2.72. The summed E-state index contributed by atoms with van der Waals surface area (Å²) in [5.74, 6) is -0.996. The Morgan fingerprint density at radius 2 is 1.89 bits per heavy atom. The van der Waals surface area contributed by atoms with Crippen molar-refractivity contribution in [2.24, 2.45) is 5.92 Å². The molecule has 0 saturated heterocycles. The maximum atomic E-state index is 11.8. The fraction of sp³-hybridized carbons (Fsp3) is 0.462. The summed E-state index contributed by atoms with van der Waals surface area (Å²) in [4.78, 5) is 26.4. The first-order chi connectivity index (χ1) is 8.40. The van der Waals surface area contributed by atoms with E-state index in [2.05, 4.69) is 24.1 Å². The molecular weight excluding hydrogens is 232 g/mol. The minimum absolute atomic E-state index is 0.0350. The molecule has 0 saturated carbocycles. The largest absolute Gasteiger partial charge is 0.477 e. The van der Waals surface area contributed by atoms with Crippen molar-refractivity contribution < 1.29 is 14.7 Å². The van der Waals surface area contributed by atoms with Crippen LogP contribution in [0.1, 0.15) is 48.2 Å². The molecule has 0 spiro atoms. The number of nitrogens with zero attached hydrogens (tertiary/aromatic N) is 1. The number of carbonyl (C=O) groups excluding carboxylic acids is 1. The van der Waals surface area contributed by atoms with Gasteiger partial charge in [0, 0.05) is 6.04 Å². The number of aromatic nitrogens is 1. The van der Waals surface area contributed by atoms with Gasteiger partial charge in [-0.1, -0.05) is 19.9 Å². The molecule has 98 valence electrons. The molecule has 1 unspecified atom stereocenters. The number of aromatic carboxylic acids is 1. The van der Waals surface area contributed by atoms with Gasteiger partial charge in [-0.15, -0.1) is 0 Å². The van der Waals surface area contributed by atoms with Gasteiger partial charge in [-0.05, 0) is 31.4 Å². The number of amides is 1. The molecule has 1 heterocycles. The lowest BCUT2D eigenvalue weighted by Crippen LogP contribution is -2.34. The van der Waals surface area contributed by atoms with Gasteiger partial charge in [0.25, 0.3) is 5.91 Å². The highest BCUT2D eigenvalue weighted by molar-refractivity contribution is 5.94. The van der Waals surface area contributed by atoms with Crippen molar-refractivity contribution in [3.8, 4) is 0 Å². The monoisotopic (exact) mass is 250 g/mol. The van der Waals surface area contributed by atoms with E-state index >= 15 is 0 Å². The van der Waals surface area contributed by atoms with E-state index in [1.165, 1.54) is 18.2 Å². The first kappa shape index (κ1) is 14.2. The predicted octanol–water partition coefficient (Wildman–Crippen LogP) is 1.94. The molecule has 0 fully saturated rings. The number of carboxylic acids is 1. The zero-order chi connectivity index (χ0) is 13.7. The maximum Gasteiger partial charge on any atom is 0.354 e. The van der Waals surface area contributed by atoms with Crippen molar-refractivity contribution in [2.45, 2.75) is 33.2 Å². The van der Waals surface area contributed by atoms with Crippen LogP contribution in [0.4, 0.5) is 0 Å². The van der Waals surface area contributed by atoms with Crippen LogP contribution in [0, 0.1) is 5.92 Å². The number of hydrogen-bond acceptors (Lipinski definition) is 3. The molecule has 0 radical (unpaired) electrons. The Hall–Kier alpha value is -1.91. The van der Waals surface area contributed by atoms with Gasteiger partial charge in [0.15, 0.2) is 0 Å². The number of carbonyl (C=O) groups is 2. The van der Waals surface area contributed by atoms with Crippen LogP contribution in [0.2, 0.25) is 0 Å². The van der Waals surface area contributed by atoms with E-state index in [4.69, 9.17) is 5.11 Å². The van der Waals surface area contributed by atoms with Crippen molar-refractivity contribution in [1.29, 1.82) is 0 Å². The Morgan fingerprint density at radius 1 is 1.28 bits per heavy atom. The van der Waals surface area contributed by atoms with Crippen LogP contribution in [0.5, 0.6) is 0 Å². The molecule has 0 aliphatic carbocycles. The third-order valence-electron chi connectivity index (χ3n) is 2.40. The van der Waals surface area contributed by atoms with Gasteiger partial charge in [0.1, 0.15) is 11.4 Å². The van der Waals surface area contributed by atoms with Gasteiger partial charge >= 0.3 is 5.97 Å². The Morgan fingerprint density at radius 3 is 2.44 bits per heavy atom. The summed E-state index contributed by atoms with van der Waals surface area (Å²) in [7, 11) is 0. The van der Waals surface area contributed by atoms with Crippen LogP contribution >= 0.6 is 0 Å². The highest BCUT2D eigenvalue weighted by Crippen LogP contribution is 2.05. The summed E-state index contributed by atoms with van der Waals surface area (Å²) in [6, 6.07) is 4.41. The van der Waals surface area contributed by atoms with Crippen LogP contribution < -0.4 is 5.32 Å². The summed E-state index contributed by atoms with van der Waals surface area (Å²) in [5, 5.41) is 11.6. The molecule has 0 aliphatic rings. The topological polar surface area (TPSA) is 79.3 Å². The molecule has 1 atom stereocenters. The Bertz CT molecular complexity index is 444. The van der Waals surface area contributed by atoms with Gasteiger partial charge in [0.2, 0.25) is 0 Å². The molecule has 1 aromatic rings. The Kier molecular flexibility index (Phi) is 4.83. The molecule has 5 heteroatoms. The minimum Gasteiger partial charge on any atom is -0.477 e. The average Bonchev–Trinajstić information content (AvgIpc) is 2.27. The van der Waals surface area contributed by atoms with E-state index in [1.54, 1.807) is 0 Å². The van der Waals surface area contributed by atoms with Crippen molar-refractivity contribution in [2.75, 3.05) is 0 Å². The third kappa shape index (κ3) is 4.16. The molecule has 0 aromatic carbocycles. The highest BCUT2D eigenvalue weighted by atomic mass is 16.4. The molecule has 5 nitrogen and oxygen atoms in total. The first-order valence-electron chi connectivity index (χ1n) is 5.91. The van der Waals surface area contributed by atoms with Gasteiger partial charge in [-0.3, -0.25) is 4.79 Å². The zero-order valence-electron chi connectivity index (χ0n) is 10.8. The standard InChI is InChI=1S/C13H18N2O3/c1-8(2)7-9(3)14-12(16)10-5-4-6-11(15-10)13(17)18/h4-6,8-9H,7H2,1-3H3,(H,14,16)(H,17,18). The maximum absolute atomic E-state index is 11.8. The SMILES string of the molecule is CC(C)CC(C)NC(=O)c1cccc(C(=O)O)n1. The quantitative estimate of drug-likeness (QED) is 0.837. The molecular formula is C13H18N2O3. The zero-order valence-corrected chi connectivity index (χ0v) is 10.8. The Labute approximate surface area is 106 Å². The van der Waals surface area contributed by atoms with Crippen LogP contribution in [0.3, 0.4) is 0 Å². The lowest BCUT2D eigenvalue weighted by Gasteiger charge is -2.15. The number of nitrogens with one attached hydrogen (secondary N) is 1. The third-order valence-corrected chi connectivity index (χ3v) is 2.40. The number of pyridine rings is 1. The van der Waals surface area contributed by atoms with E-state index < -0.39 is 5.97 Å². The van der Waals surface area contributed by atoms with E-state index in [1.807, 2.05) is 6.92 Å². The van der Waals surface area contributed by atoms with Gasteiger partial charge in [0.05, 0.1) is 0 Å². The van der Waals surface area contributed by atoms with E-state index in [0.29, 0.717) is 5.92 Å². The van der Waals surface area contributed by atoms with Crippen molar-refractivity contribution in [1.82, 2.24) is 10.3 Å². The molecule has 2 N–H and O–H groups in total. The van der Waals surface area contributed by atoms with Crippen LogP contribution in [-0.4, -0.2) is 28.0 Å². The summed E-state index contributed by atoms with van der Waals surface area (Å²) >= 11 is 0. The van der Waals surface area contributed by atoms with Crippen LogP contribution in [0.15, 0.2) is 18.2 Å². The smallest absolute Gasteiger partial charge is 0.354 e. The lowest BCUT2D eigenvalue weighted by molar-refractivity contribution is 0.0690. The van der Waals surface area contributed by atoms with Gasteiger partial charge < -0.3 is 10.4 Å². The first-order valence-corrected chi connectivity index (χ1v) is 5.91. The molecule has 1 rings (SSSR count). The summed E-state index contributed by atoms with van der Waals surface area (Å²) in [5.41, 5.74) is 0.00432. The second-order valence-electron chi connectivity index (χ2n) is 4.72. The average molecular weight is 250 g/mol. The van der Waals surface area contributed by atoms with E-state index in [9.17, 15) is 9.59 Å². The summed E-state index contributed by atoms with van der Waals surface area (Å²) < 4.78 is 0. The summed E-state index contributed by atoms with van der Waals surface area (Å²) in [6.07, 6.45) is 0.865. The fourth-order valence-electron chi connectivity index (χ4n) is 1.74. The predicted molar refractivity (Wildman–Crippen MR) is 67.6 cm³/mol. The summed E-state index contributed by atoms with van der Waals surface area (Å²) in [6.45, 7) is 6.07. The molecule has 0 bridgehead atoms. The number of hydrogen-bond donors (Lipinski definition) is 2. The molecule has 0 aliphatic heterocycles. The number of carboxylic acid groups (broad SMARTS) is 1. The van der Waals surface area contributed by atoms with E-state index in [-0.39, 0.29) is 23.3 Å². The van der Waals surface area contributed by atoms with Crippen LogP contribution in [-0.2, 0) is 0 Å². The second kappa shape index (κ2) is 6.14.